The Bertz CT molecular complexity index is 458. The van der Waals surface area contributed by atoms with Gasteiger partial charge in [0, 0.05) is 6.42 Å². The highest BCUT2D eigenvalue weighted by Gasteiger charge is 2.16. The number of nitrogens with two attached hydrogens (primary N) is 1. The van der Waals surface area contributed by atoms with E-state index in [-0.39, 0.29) is 18.6 Å². The quantitative estimate of drug-likeness (QED) is 0.640. The van der Waals surface area contributed by atoms with Gasteiger partial charge in [-0.05, 0) is 17.2 Å². The Hall–Kier alpha value is -2.08. The van der Waals surface area contributed by atoms with E-state index >= 15 is 0 Å². The first-order valence-electron chi connectivity index (χ1n) is 5.30. The van der Waals surface area contributed by atoms with E-state index in [1.54, 1.807) is 0 Å². The van der Waals surface area contributed by atoms with Gasteiger partial charge in [-0.1, -0.05) is 12.1 Å². The molecule has 0 aliphatic carbocycles. The molecule has 0 amide bonds. The van der Waals surface area contributed by atoms with E-state index in [1.807, 2.05) is 0 Å². The summed E-state index contributed by atoms with van der Waals surface area (Å²) in [5, 5.41) is 18.3. The van der Waals surface area contributed by atoms with Crippen molar-refractivity contribution < 1.29 is 24.5 Å². The number of carbonyl (C=O) groups excluding carboxylic acids is 1. The SMILES string of the molecule is COC(=O)[C@@H](N)Cc1cc(CC(=O)O)ccc1O. The lowest BCUT2D eigenvalue weighted by Crippen LogP contribution is -2.33. The van der Waals surface area contributed by atoms with Crippen molar-refractivity contribution >= 4 is 11.9 Å². The number of phenols is 1. The molecule has 0 saturated carbocycles. The molecular formula is C12H15NO5. The van der Waals surface area contributed by atoms with E-state index in [2.05, 4.69) is 4.74 Å². The molecule has 0 aromatic heterocycles. The summed E-state index contributed by atoms with van der Waals surface area (Å²) in [6, 6.07) is 3.53. The van der Waals surface area contributed by atoms with E-state index in [1.165, 1.54) is 25.3 Å². The van der Waals surface area contributed by atoms with E-state index < -0.39 is 18.0 Å². The van der Waals surface area contributed by atoms with Crippen molar-refractivity contribution in [3.8, 4) is 5.75 Å². The second kappa shape index (κ2) is 6.02. The molecule has 0 saturated heterocycles. The molecule has 1 aromatic carbocycles. The summed E-state index contributed by atoms with van der Waals surface area (Å²) in [5.41, 5.74) is 6.54. The number of carboxylic acids is 1. The smallest absolute Gasteiger partial charge is 0.322 e. The molecule has 4 N–H and O–H groups in total. The Morgan fingerprint density at radius 1 is 1.44 bits per heavy atom. The van der Waals surface area contributed by atoms with Crippen molar-refractivity contribution in [2.24, 2.45) is 5.73 Å². The van der Waals surface area contributed by atoms with Crippen LogP contribution in [-0.2, 0) is 27.2 Å². The van der Waals surface area contributed by atoms with E-state index in [4.69, 9.17) is 10.8 Å². The number of benzene rings is 1. The molecule has 0 aliphatic rings. The zero-order valence-corrected chi connectivity index (χ0v) is 9.92. The van der Waals surface area contributed by atoms with Crippen LogP contribution in [-0.4, -0.2) is 35.3 Å². The van der Waals surface area contributed by atoms with Crippen LogP contribution in [0.25, 0.3) is 0 Å². The summed E-state index contributed by atoms with van der Waals surface area (Å²) in [6.07, 6.45) is -0.0628. The number of hydrogen-bond acceptors (Lipinski definition) is 5. The molecule has 0 bridgehead atoms. The Balaban J connectivity index is 2.87. The molecule has 0 aliphatic heterocycles. The number of aromatic hydroxyl groups is 1. The predicted octanol–water partition coefficient (Wildman–Crippen LogP) is 0.0621. The van der Waals surface area contributed by atoms with Crippen molar-refractivity contribution in [1.29, 1.82) is 0 Å². The number of aliphatic carboxylic acids is 1. The van der Waals surface area contributed by atoms with E-state index in [0.29, 0.717) is 11.1 Å². The standard InChI is InChI=1S/C12H15NO5/c1-18-12(17)9(13)6-8-4-7(5-11(15)16)2-3-10(8)14/h2-4,9,14H,5-6,13H2,1H3,(H,15,16)/t9-/m0/s1. The van der Waals surface area contributed by atoms with Gasteiger partial charge in [-0.15, -0.1) is 0 Å². The van der Waals surface area contributed by atoms with Gasteiger partial charge in [-0.25, -0.2) is 0 Å². The van der Waals surface area contributed by atoms with Gasteiger partial charge in [0.1, 0.15) is 11.8 Å². The fraction of sp³-hybridized carbons (Fsp3) is 0.333. The molecule has 0 radical (unpaired) electrons. The van der Waals surface area contributed by atoms with Gasteiger partial charge in [0.05, 0.1) is 13.5 Å². The van der Waals surface area contributed by atoms with Crippen molar-refractivity contribution in [3.63, 3.8) is 0 Å². The highest BCUT2D eigenvalue weighted by molar-refractivity contribution is 5.76. The third-order valence-corrected chi connectivity index (χ3v) is 2.44. The second-order valence-corrected chi connectivity index (χ2v) is 3.87. The van der Waals surface area contributed by atoms with Crippen LogP contribution in [0.2, 0.25) is 0 Å². The summed E-state index contributed by atoms with van der Waals surface area (Å²) in [5.74, 6) is -1.58. The molecule has 6 nitrogen and oxygen atoms in total. The highest BCUT2D eigenvalue weighted by Crippen LogP contribution is 2.20. The van der Waals surface area contributed by atoms with Crippen LogP contribution < -0.4 is 5.73 Å². The zero-order valence-electron chi connectivity index (χ0n) is 9.92. The van der Waals surface area contributed by atoms with Crippen LogP contribution in [0.5, 0.6) is 5.75 Å². The number of carboxylic acid groups (broad SMARTS) is 1. The first-order valence-corrected chi connectivity index (χ1v) is 5.30. The number of rotatable bonds is 5. The molecule has 0 fully saturated rings. The minimum atomic E-state index is -0.969. The molecule has 6 heteroatoms. The van der Waals surface area contributed by atoms with Crippen LogP contribution in [0.15, 0.2) is 18.2 Å². The van der Waals surface area contributed by atoms with Gasteiger partial charge < -0.3 is 20.7 Å². The maximum Gasteiger partial charge on any atom is 0.322 e. The summed E-state index contributed by atoms with van der Waals surface area (Å²) in [4.78, 5) is 21.7. The van der Waals surface area contributed by atoms with Crippen LogP contribution in [0.4, 0.5) is 0 Å². The molecule has 18 heavy (non-hydrogen) atoms. The maximum atomic E-state index is 11.2. The average Bonchev–Trinajstić information content (AvgIpc) is 2.31. The Morgan fingerprint density at radius 3 is 2.67 bits per heavy atom. The molecule has 0 spiro atoms. The zero-order chi connectivity index (χ0) is 13.7. The van der Waals surface area contributed by atoms with E-state index in [9.17, 15) is 14.7 Å². The number of carbonyl (C=O) groups is 2. The lowest BCUT2D eigenvalue weighted by molar-refractivity contribution is -0.142. The fourth-order valence-electron chi connectivity index (χ4n) is 1.56. The number of hydrogen-bond donors (Lipinski definition) is 3. The Kier molecular flexibility index (Phi) is 4.67. The summed E-state index contributed by atoms with van der Waals surface area (Å²) in [6.45, 7) is 0. The van der Waals surface area contributed by atoms with Gasteiger partial charge in [0.25, 0.3) is 0 Å². The largest absolute Gasteiger partial charge is 0.508 e. The first kappa shape index (κ1) is 14.0. The Labute approximate surface area is 104 Å². The first-order chi connectivity index (χ1) is 8.43. The predicted molar refractivity (Wildman–Crippen MR) is 63.1 cm³/mol. The number of ether oxygens (including phenoxy) is 1. The minimum absolute atomic E-state index is 0.0245. The second-order valence-electron chi connectivity index (χ2n) is 3.87. The van der Waals surface area contributed by atoms with Crippen molar-refractivity contribution in [1.82, 2.24) is 0 Å². The van der Waals surface area contributed by atoms with Crippen LogP contribution >= 0.6 is 0 Å². The minimum Gasteiger partial charge on any atom is -0.508 e. The molecule has 1 aromatic rings. The summed E-state index contributed by atoms with van der Waals surface area (Å²) in [7, 11) is 1.23. The number of methoxy groups -OCH3 is 1. The van der Waals surface area contributed by atoms with E-state index in [0.717, 1.165) is 0 Å². The Morgan fingerprint density at radius 2 is 2.11 bits per heavy atom. The van der Waals surface area contributed by atoms with Crippen molar-refractivity contribution in [2.75, 3.05) is 7.11 Å². The van der Waals surface area contributed by atoms with Crippen LogP contribution in [0.3, 0.4) is 0 Å². The molecule has 0 unspecified atom stereocenters. The molecule has 1 atom stereocenters. The lowest BCUT2D eigenvalue weighted by atomic mass is 10.0. The monoisotopic (exact) mass is 253 g/mol. The topological polar surface area (TPSA) is 110 Å². The van der Waals surface area contributed by atoms with Gasteiger partial charge in [0.15, 0.2) is 0 Å². The fourth-order valence-corrected chi connectivity index (χ4v) is 1.56. The van der Waals surface area contributed by atoms with Crippen molar-refractivity contribution in [3.05, 3.63) is 29.3 Å². The average molecular weight is 253 g/mol. The third-order valence-electron chi connectivity index (χ3n) is 2.44. The van der Waals surface area contributed by atoms with Crippen LogP contribution in [0, 0.1) is 0 Å². The van der Waals surface area contributed by atoms with Gasteiger partial charge in [0.2, 0.25) is 0 Å². The van der Waals surface area contributed by atoms with Crippen molar-refractivity contribution in [2.45, 2.75) is 18.9 Å². The van der Waals surface area contributed by atoms with Crippen LogP contribution in [0.1, 0.15) is 11.1 Å². The molecule has 0 heterocycles. The third kappa shape index (κ3) is 3.74. The number of esters is 1. The summed E-state index contributed by atoms with van der Waals surface area (Å²) < 4.78 is 4.48. The van der Waals surface area contributed by atoms with Gasteiger partial charge in [-0.3, -0.25) is 9.59 Å². The summed E-state index contributed by atoms with van der Waals surface area (Å²) >= 11 is 0. The lowest BCUT2D eigenvalue weighted by Gasteiger charge is -2.11. The normalized spacial score (nSPS) is 11.9. The van der Waals surface area contributed by atoms with Gasteiger partial charge in [-0.2, -0.15) is 0 Å². The molecule has 1 rings (SSSR count). The molecule has 98 valence electrons. The highest BCUT2D eigenvalue weighted by atomic mass is 16.5. The van der Waals surface area contributed by atoms with Gasteiger partial charge >= 0.3 is 11.9 Å². The number of phenolic OH excluding ortho intramolecular Hbond substituents is 1. The molecular weight excluding hydrogens is 238 g/mol. The maximum absolute atomic E-state index is 11.2.